The van der Waals surface area contributed by atoms with Gasteiger partial charge in [0.15, 0.2) is 5.78 Å². The van der Waals surface area contributed by atoms with Crippen LogP contribution in [0.3, 0.4) is 0 Å². The molecule has 0 fully saturated rings. The zero-order chi connectivity index (χ0) is 36.3. The summed E-state index contributed by atoms with van der Waals surface area (Å²) in [6, 6.07) is 6.68. The number of hydrogen-bond donors (Lipinski definition) is 3. The van der Waals surface area contributed by atoms with E-state index in [1.54, 1.807) is 47.8 Å². The van der Waals surface area contributed by atoms with Gasteiger partial charge in [-0.3, -0.25) is 14.4 Å². The average molecular weight is 715 g/mol. The standard InChI is InChI=1S/C36H62N2O6S3/c1-25(45)42-19-18-34(8,9)38-29(39)20-37-31(41)27-16-14-26(15-17-27)30(40)28(21-46-35(10,11)23-43-32(2,3)4)22-47-36(12,13)24-44-33(5,6)7/h14-17,25,28,45H,18-24H2,1-13H3,(H,37,41)(H,38,39). The van der Waals surface area contributed by atoms with Gasteiger partial charge in [0.2, 0.25) is 5.91 Å². The first-order chi connectivity index (χ1) is 21.3. The molecule has 1 rings (SSSR count). The fourth-order valence-electron chi connectivity index (χ4n) is 3.97. The molecule has 1 aromatic carbocycles. The number of nitrogens with one attached hydrogen (secondary N) is 2. The normalized spacial score (nSPS) is 13.9. The summed E-state index contributed by atoms with van der Waals surface area (Å²) in [6.45, 7) is 27.9. The number of benzene rings is 1. The van der Waals surface area contributed by atoms with Crippen LogP contribution in [-0.4, -0.2) is 87.1 Å². The molecule has 2 N–H and O–H groups in total. The van der Waals surface area contributed by atoms with Crippen LogP contribution in [0.1, 0.15) is 117 Å². The highest BCUT2D eigenvalue weighted by atomic mass is 32.2. The summed E-state index contributed by atoms with van der Waals surface area (Å²) in [4.78, 5) is 39.2. The molecular formula is C36H62N2O6S3. The molecule has 0 aliphatic rings. The Bertz CT molecular complexity index is 1100. The van der Waals surface area contributed by atoms with Crippen LogP contribution in [0.5, 0.6) is 0 Å². The van der Waals surface area contributed by atoms with Crippen LogP contribution < -0.4 is 10.6 Å². The van der Waals surface area contributed by atoms with E-state index in [1.165, 1.54) is 0 Å². The monoisotopic (exact) mass is 714 g/mol. The quantitative estimate of drug-likeness (QED) is 0.0728. The number of amides is 2. The molecule has 0 bridgehead atoms. The Morgan fingerprint density at radius 1 is 0.766 bits per heavy atom. The highest BCUT2D eigenvalue weighted by Gasteiger charge is 2.30. The van der Waals surface area contributed by atoms with Crippen molar-refractivity contribution in [2.24, 2.45) is 5.92 Å². The Kier molecular flexibility index (Phi) is 17.4. The van der Waals surface area contributed by atoms with E-state index in [-0.39, 0.29) is 56.2 Å². The second kappa shape index (κ2) is 18.7. The summed E-state index contributed by atoms with van der Waals surface area (Å²) < 4.78 is 17.2. The van der Waals surface area contributed by atoms with Gasteiger partial charge in [0.25, 0.3) is 5.91 Å². The first kappa shape index (κ1) is 43.8. The van der Waals surface area contributed by atoms with E-state index >= 15 is 0 Å². The molecule has 1 unspecified atom stereocenters. The van der Waals surface area contributed by atoms with Gasteiger partial charge in [-0.1, -0.05) is 12.1 Å². The summed E-state index contributed by atoms with van der Waals surface area (Å²) in [5.74, 6) is 0.383. The first-order valence-electron chi connectivity index (χ1n) is 16.4. The fourth-order valence-corrected chi connectivity index (χ4v) is 6.35. The van der Waals surface area contributed by atoms with Gasteiger partial charge in [0.05, 0.1) is 43.0 Å². The molecular weight excluding hydrogens is 653 g/mol. The minimum Gasteiger partial charge on any atom is -0.374 e. The SMILES string of the molecule is CC(S)OCCC(C)(C)NC(=O)CNC(=O)c1ccc(C(=O)C(CSC(C)(C)COC(C)(C)C)CSC(C)(C)COC(C)(C)C)cc1. The van der Waals surface area contributed by atoms with Gasteiger partial charge in [-0.25, -0.2) is 0 Å². The maximum atomic E-state index is 13.9. The third kappa shape index (κ3) is 20.1. The van der Waals surface area contributed by atoms with Gasteiger partial charge in [0.1, 0.15) is 0 Å². The van der Waals surface area contributed by atoms with Gasteiger partial charge in [0, 0.05) is 43.6 Å². The third-order valence-electron chi connectivity index (χ3n) is 6.83. The number of ether oxygens (including phenoxy) is 3. The first-order valence-corrected chi connectivity index (χ1v) is 18.9. The largest absolute Gasteiger partial charge is 0.374 e. The number of carbonyl (C=O) groups is 3. The van der Waals surface area contributed by atoms with Crippen LogP contribution >= 0.6 is 36.2 Å². The van der Waals surface area contributed by atoms with Crippen LogP contribution in [0.25, 0.3) is 0 Å². The minimum absolute atomic E-state index is 0.0370. The lowest BCUT2D eigenvalue weighted by atomic mass is 9.99. The summed E-state index contributed by atoms with van der Waals surface area (Å²) in [7, 11) is 0. The highest BCUT2D eigenvalue weighted by molar-refractivity contribution is 8.01. The molecule has 0 radical (unpaired) electrons. The van der Waals surface area contributed by atoms with Gasteiger partial charge in [-0.05, 0) is 109 Å². The number of carbonyl (C=O) groups excluding carboxylic acids is 3. The fraction of sp³-hybridized carbons (Fsp3) is 0.750. The Hall–Kier alpha value is -1.24. The molecule has 1 atom stereocenters. The number of hydrogen-bond acceptors (Lipinski definition) is 9. The summed E-state index contributed by atoms with van der Waals surface area (Å²) in [6.07, 6.45) is 0.607. The van der Waals surface area contributed by atoms with E-state index in [0.29, 0.717) is 48.9 Å². The third-order valence-corrected chi connectivity index (χ3v) is 9.92. The van der Waals surface area contributed by atoms with Crippen molar-refractivity contribution in [2.45, 2.75) is 128 Å². The van der Waals surface area contributed by atoms with Crippen molar-refractivity contribution in [1.29, 1.82) is 0 Å². The maximum absolute atomic E-state index is 13.9. The van der Waals surface area contributed by atoms with Gasteiger partial charge < -0.3 is 24.8 Å². The van der Waals surface area contributed by atoms with Crippen LogP contribution in [0.15, 0.2) is 24.3 Å². The Morgan fingerprint density at radius 2 is 1.21 bits per heavy atom. The van der Waals surface area contributed by atoms with Gasteiger partial charge in [-0.2, -0.15) is 23.5 Å². The topological polar surface area (TPSA) is 103 Å². The summed E-state index contributed by atoms with van der Waals surface area (Å²) in [5.41, 5.74) is -0.224. The second-order valence-corrected chi connectivity index (χ2v) is 20.1. The Morgan fingerprint density at radius 3 is 1.64 bits per heavy atom. The molecule has 11 heteroatoms. The molecule has 270 valence electrons. The van der Waals surface area contributed by atoms with E-state index in [2.05, 4.69) is 51.0 Å². The summed E-state index contributed by atoms with van der Waals surface area (Å²) in [5, 5.41) is 5.60. The van der Waals surface area contributed by atoms with Crippen LogP contribution in [0.4, 0.5) is 0 Å². The molecule has 0 aromatic heterocycles. The van der Waals surface area contributed by atoms with E-state index in [4.69, 9.17) is 14.2 Å². The van der Waals surface area contributed by atoms with Crippen LogP contribution in [0.2, 0.25) is 0 Å². The van der Waals surface area contributed by atoms with Crippen LogP contribution in [-0.2, 0) is 19.0 Å². The number of ketones is 1. The second-order valence-electron chi connectivity index (χ2n) is 15.9. The Labute approximate surface area is 299 Å². The van der Waals surface area contributed by atoms with Crippen molar-refractivity contribution in [3.05, 3.63) is 35.4 Å². The van der Waals surface area contributed by atoms with Crippen molar-refractivity contribution < 1.29 is 28.6 Å². The predicted octanol–water partition coefficient (Wildman–Crippen LogP) is 7.45. The van der Waals surface area contributed by atoms with E-state index < -0.39 is 5.54 Å². The van der Waals surface area contributed by atoms with Crippen molar-refractivity contribution in [3.8, 4) is 0 Å². The molecule has 8 nitrogen and oxygen atoms in total. The zero-order valence-electron chi connectivity index (χ0n) is 31.1. The smallest absolute Gasteiger partial charge is 0.251 e. The molecule has 1 aromatic rings. The summed E-state index contributed by atoms with van der Waals surface area (Å²) >= 11 is 7.68. The van der Waals surface area contributed by atoms with Crippen molar-refractivity contribution in [1.82, 2.24) is 10.6 Å². The molecule has 0 heterocycles. The average Bonchev–Trinajstić information content (AvgIpc) is 2.92. The predicted molar refractivity (Wildman–Crippen MR) is 202 cm³/mol. The van der Waals surface area contributed by atoms with E-state index in [9.17, 15) is 14.4 Å². The van der Waals surface area contributed by atoms with Crippen LogP contribution in [0, 0.1) is 5.92 Å². The minimum atomic E-state index is -0.497. The van der Waals surface area contributed by atoms with Crippen molar-refractivity contribution >= 4 is 53.8 Å². The number of thiol groups is 1. The lowest BCUT2D eigenvalue weighted by Crippen LogP contribution is -2.48. The van der Waals surface area contributed by atoms with Gasteiger partial charge in [-0.15, -0.1) is 12.6 Å². The molecule has 47 heavy (non-hydrogen) atoms. The molecule has 0 spiro atoms. The number of Topliss-reactive ketones (excluding diaryl/α,β-unsaturated/α-hetero) is 1. The van der Waals surface area contributed by atoms with E-state index in [0.717, 1.165) is 0 Å². The zero-order valence-corrected chi connectivity index (χ0v) is 33.7. The number of rotatable bonds is 20. The molecule has 0 saturated carbocycles. The molecule has 0 saturated heterocycles. The number of thioether (sulfide) groups is 2. The van der Waals surface area contributed by atoms with Gasteiger partial charge >= 0.3 is 0 Å². The molecule has 2 amide bonds. The van der Waals surface area contributed by atoms with Crippen molar-refractivity contribution in [3.63, 3.8) is 0 Å². The lowest BCUT2D eigenvalue weighted by molar-refractivity contribution is -0.121. The van der Waals surface area contributed by atoms with E-state index in [1.807, 2.05) is 62.3 Å². The van der Waals surface area contributed by atoms with Crippen molar-refractivity contribution in [2.75, 3.05) is 37.9 Å². The highest BCUT2D eigenvalue weighted by Crippen LogP contribution is 2.34. The molecule has 0 aliphatic carbocycles. The maximum Gasteiger partial charge on any atom is 0.251 e. The molecule has 0 aliphatic heterocycles. The Balaban J connectivity index is 2.94. The lowest BCUT2D eigenvalue weighted by Gasteiger charge is -2.32.